The normalized spacial score (nSPS) is 11.3. The average molecular weight is 252 g/mol. The number of nitrogens with one attached hydrogen (secondary N) is 1. The van der Waals surface area contributed by atoms with Crippen LogP contribution in [0.5, 0.6) is 0 Å². The van der Waals surface area contributed by atoms with Crippen LogP contribution in [0.4, 0.5) is 5.69 Å². The Morgan fingerprint density at radius 3 is 2.82 bits per heavy atom. The Balaban J connectivity index is 2.08. The monoisotopic (exact) mass is 252 g/mol. The number of thiazole rings is 1. The Hall–Kier alpha value is -1.17. The van der Waals surface area contributed by atoms with E-state index < -0.39 is 0 Å². The minimum atomic E-state index is -0.228. The van der Waals surface area contributed by atoms with Crippen molar-refractivity contribution in [3.05, 3.63) is 23.2 Å². The Labute approximate surface area is 105 Å². The van der Waals surface area contributed by atoms with Crippen LogP contribution in [0.25, 0.3) is 10.2 Å². The number of rotatable bonds is 5. The third-order valence-electron chi connectivity index (χ3n) is 2.49. The van der Waals surface area contributed by atoms with Crippen molar-refractivity contribution in [1.82, 2.24) is 4.98 Å². The molecule has 0 bridgehead atoms. The predicted octanol–water partition coefficient (Wildman–Crippen LogP) is 2.64. The Morgan fingerprint density at radius 1 is 1.35 bits per heavy atom. The van der Waals surface area contributed by atoms with Gasteiger partial charge in [-0.15, -0.1) is 11.3 Å². The van der Waals surface area contributed by atoms with Crippen molar-refractivity contribution in [3.8, 4) is 0 Å². The van der Waals surface area contributed by atoms with E-state index in [9.17, 15) is 0 Å². The van der Waals surface area contributed by atoms with Gasteiger partial charge in [-0.3, -0.25) is 0 Å². The molecule has 0 atom stereocenters. The third kappa shape index (κ3) is 2.94. The highest BCUT2D eigenvalue weighted by Crippen LogP contribution is 2.24. The molecule has 1 N–H and O–H groups in total. The molecule has 0 radical (unpaired) electrons. The first-order valence-electron chi connectivity index (χ1n) is 5.39. The lowest BCUT2D eigenvalue weighted by Gasteiger charge is -2.14. The smallest absolute Gasteiger partial charge is 0.173 e. The fourth-order valence-corrected chi connectivity index (χ4v) is 2.48. The number of aryl methyl sites for hydroxylation is 1. The lowest BCUT2D eigenvalue weighted by molar-refractivity contribution is -0.0914. The quantitative estimate of drug-likeness (QED) is 0.831. The van der Waals surface area contributed by atoms with E-state index in [1.807, 2.05) is 19.1 Å². The molecule has 2 aromatic rings. The summed E-state index contributed by atoms with van der Waals surface area (Å²) in [5.41, 5.74) is 2.10. The second-order valence-electron chi connectivity index (χ2n) is 3.70. The summed E-state index contributed by atoms with van der Waals surface area (Å²) >= 11 is 1.70. The van der Waals surface area contributed by atoms with Crippen LogP contribution < -0.4 is 5.32 Å². The largest absolute Gasteiger partial charge is 0.380 e. The molecule has 0 aliphatic carbocycles. The number of aromatic nitrogens is 1. The highest BCUT2D eigenvalue weighted by molar-refractivity contribution is 7.18. The van der Waals surface area contributed by atoms with Gasteiger partial charge in [-0.25, -0.2) is 4.98 Å². The molecule has 1 aromatic carbocycles. The molecule has 0 amide bonds. The summed E-state index contributed by atoms with van der Waals surface area (Å²) in [5, 5.41) is 4.36. The molecule has 0 unspecified atom stereocenters. The summed E-state index contributed by atoms with van der Waals surface area (Å²) in [4.78, 5) is 4.42. The zero-order valence-corrected chi connectivity index (χ0v) is 11.0. The van der Waals surface area contributed by atoms with Crippen molar-refractivity contribution in [3.63, 3.8) is 0 Å². The van der Waals surface area contributed by atoms with E-state index in [0.717, 1.165) is 16.2 Å². The summed E-state index contributed by atoms with van der Waals surface area (Å²) in [5.74, 6) is 0. The lowest BCUT2D eigenvalue weighted by atomic mass is 10.3. The number of ether oxygens (including phenoxy) is 2. The van der Waals surface area contributed by atoms with Gasteiger partial charge in [0, 0.05) is 19.9 Å². The molecule has 0 aliphatic heterocycles. The van der Waals surface area contributed by atoms with Gasteiger partial charge in [-0.05, 0) is 25.1 Å². The molecule has 17 heavy (non-hydrogen) atoms. The van der Waals surface area contributed by atoms with Crippen molar-refractivity contribution < 1.29 is 9.47 Å². The number of hydrogen-bond donors (Lipinski definition) is 1. The molecular weight excluding hydrogens is 236 g/mol. The van der Waals surface area contributed by atoms with Gasteiger partial charge in [-0.2, -0.15) is 0 Å². The maximum absolute atomic E-state index is 5.12. The summed E-state index contributed by atoms with van der Waals surface area (Å²) in [6.45, 7) is 2.64. The number of benzene rings is 1. The van der Waals surface area contributed by atoms with Gasteiger partial charge in [0.05, 0.1) is 21.8 Å². The number of nitrogens with zero attached hydrogens (tertiary/aromatic N) is 1. The number of hydrogen-bond acceptors (Lipinski definition) is 5. The van der Waals surface area contributed by atoms with E-state index in [-0.39, 0.29) is 6.29 Å². The number of methoxy groups -OCH3 is 2. The zero-order chi connectivity index (χ0) is 12.3. The molecule has 92 valence electrons. The van der Waals surface area contributed by atoms with Crippen molar-refractivity contribution in [2.45, 2.75) is 13.2 Å². The minimum absolute atomic E-state index is 0.228. The predicted molar refractivity (Wildman–Crippen MR) is 70.7 cm³/mol. The standard InChI is InChI=1S/C12H16N2O2S/c1-8-14-10-5-4-9(6-11(10)17-8)13-7-12(15-2)16-3/h4-6,12-13H,7H2,1-3H3. The second kappa shape index (κ2) is 5.44. The van der Waals surface area contributed by atoms with Gasteiger partial charge in [0.2, 0.25) is 0 Å². The molecule has 1 aromatic heterocycles. The average Bonchev–Trinajstić information content (AvgIpc) is 2.69. The zero-order valence-electron chi connectivity index (χ0n) is 10.2. The fraction of sp³-hybridized carbons (Fsp3) is 0.417. The first-order chi connectivity index (χ1) is 8.22. The molecule has 5 heteroatoms. The van der Waals surface area contributed by atoms with E-state index in [0.29, 0.717) is 6.54 Å². The van der Waals surface area contributed by atoms with Gasteiger partial charge in [0.25, 0.3) is 0 Å². The topological polar surface area (TPSA) is 43.4 Å². The van der Waals surface area contributed by atoms with Crippen LogP contribution in [0, 0.1) is 6.92 Å². The van der Waals surface area contributed by atoms with Crippen molar-refractivity contribution in [1.29, 1.82) is 0 Å². The Kier molecular flexibility index (Phi) is 3.93. The summed E-state index contributed by atoms with van der Waals surface area (Å²) < 4.78 is 11.4. The lowest BCUT2D eigenvalue weighted by Crippen LogP contribution is -2.23. The summed E-state index contributed by atoms with van der Waals surface area (Å²) in [7, 11) is 3.26. The van der Waals surface area contributed by atoms with Crippen LogP contribution in [0.2, 0.25) is 0 Å². The highest BCUT2D eigenvalue weighted by atomic mass is 32.1. The van der Waals surface area contributed by atoms with Gasteiger partial charge in [0.15, 0.2) is 6.29 Å². The molecule has 0 saturated heterocycles. The summed E-state index contributed by atoms with van der Waals surface area (Å²) in [6, 6.07) is 6.14. The molecule has 0 aliphatic rings. The molecule has 4 nitrogen and oxygen atoms in total. The first kappa shape index (κ1) is 12.3. The molecule has 2 rings (SSSR count). The maximum Gasteiger partial charge on any atom is 0.173 e. The first-order valence-corrected chi connectivity index (χ1v) is 6.21. The SMILES string of the molecule is COC(CNc1ccc2nc(C)sc2c1)OC. The van der Waals surface area contributed by atoms with Crippen LogP contribution in [0.1, 0.15) is 5.01 Å². The van der Waals surface area contributed by atoms with Crippen LogP contribution in [-0.2, 0) is 9.47 Å². The minimum Gasteiger partial charge on any atom is -0.380 e. The van der Waals surface area contributed by atoms with E-state index in [2.05, 4.69) is 16.4 Å². The van der Waals surface area contributed by atoms with Gasteiger partial charge < -0.3 is 14.8 Å². The van der Waals surface area contributed by atoms with Crippen LogP contribution >= 0.6 is 11.3 Å². The molecule has 0 spiro atoms. The van der Waals surface area contributed by atoms with E-state index in [1.165, 1.54) is 4.70 Å². The van der Waals surface area contributed by atoms with Crippen molar-refractivity contribution in [2.75, 3.05) is 26.1 Å². The molecule has 0 fully saturated rings. The van der Waals surface area contributed by atoms with E-state index in [4.69, 9.17) is 9.47 Å². The van der Waals surface area contributed by atoms with Crippen LogP contribution in [0.3, 0.4) is 0 Å². The van der Waals surface area contributed by atoms with Crippen molar-refractivity contribution >= 4 is 27.2 Å². The van der Waals surface area contributed by atoms with Gasteiger partial charge >= 0.3 is 0 Å². The Bertz CT molecular complexity index is 494. The van der Waals surface area contributed by atoms with Gasteiger partial charge in [-0.1, -0.05) is 0 Å². The van der Waals surface area contributed by atoms with Crippen LogP contribution in [0.15, 0.2) is 18.2 Å². The highest BCUT2D eigenvalue weighted by Gasteiger charge is 2.05. The summed E-state index contributed by atoms with van der Waals surface area (Å²) in [6.07, 6.45) is -0.228. The second-order valence-corrected chi connectivity index (χ2v) is 4.93. The van der Waals surface area contributed by atoms with Crippen molar-refractivity contribution in [2.24, 2.45) is 0 Å². The molecule has 0 saturated carbocycles. The maximum atomic E-state index is 5.12. The molecular formula is C12H16N2O2S. The number of fused-ring (bicyclic) bond motifs is 1. The Morgan fingerprint density at radius 2 is 2.12 bits per heavy atom. The third-order valence-corrected chi connectivity index (χ3v) is 3.43. The fourth-order valence-electron chi connectivity index (χ4n) is 1.61. The number of anilines is 1. The van der Waals surface area contributed by atoms with E-state index >= 15 is 0 Å². The van der Waals surface area contributed by atoms with E-state index in [1.54, 1.807) is 25.6 Å². The molecule has 1 heterocycles. The van der Waals surface area contributed by atoms with Gasteiger partial charge in [0.1, 0.15) is 0 Å². The van der Waals surface area contributed by atoms with Crippen LogP contribution in [-0.4, -0.2) is 32.0 Å².